The Morgan fingerprint density at radius 3 is 2.30 bits per heavy atom. The highest BCUT2D eigenvalue weighted by atomic mass is 32.2. The number of benzene rings is 3. The Labute approximate surface area is 251 Å². The molecule has 1 fully saturated rings. The first-order valence-electron chi connectivity index (χ1n) is 13.9. The highest BCUT2D eigenvalue weighted by molar-refractivity contribution is 7.89. The second kappa shape index (κ2) is 15.6. The molecule has 2 amide bonds. The largest absolute Gasteiger partial charge is 0.484 e. The molecule has 43 heavy (non-hydrogen) atoms. The zero-order valence-corrected chi connectivity index (χ0v) is 24.8. The van der Waals surface area contributed by atoms with Gasteiger partial charge in [0.15, 0.2) is 6.61 Å². The van der Waals surface area contributed by atoms with Gasteiger partial charge in [0.2, 0.25) is 15.9 Å². The predicted octanol–water partition coefficient (Wildman–Crippen LogP) is 2.63. The molecule has 1 aliphatic rings. The maximum atomic E-state index is 13.7. The Balaban J connectivity index is 1.53. The molecule has 1 saturated heterocycles. The van der Waals surface area contributed by atoms with Gasteiger partial charge in [-0.3, -0.25) is 9.59 Å². The molecular weight excluding hydrogens is 577 g/mol. The first-order valence-corrected chi connectivity index (χ1v) is 15.4. The molecular formula is C31H36FN3O7S. The van der Waals surface area contributed by atoms with Crippen LogP contribution in [0.4, 0.5) is 4.39 Å². The van der Waals surface area contributed by atoms with Crippen LogP contribution in [0.1, 0.15) is 11.1 Å². The smallest absolute Gasteiger partial charge is 0.261 e. The lowest BCUT2D eigenvalue weighted by Gasteiger charge is -2.31. The molecule has 1 atom stereocenters. The van der Waals surface area contributed by atoms with Gasteiger partial charge in [0.05, 0.1) is 24.7 Å². The highest BCUT2D eigenvalue weighted by Crippen LogP contribution is 2.21. The van der Waals surface area contributed by atoms with Gasteiger partial charge < -0.3 is 24.4 Å². The average molecular weight is 614 g/mol. The summed E-state index contributed by atoms with van der Waals surface area (Å²) >= 11 is 0. The number of rotatable bonds is 14. The fraction of sp³-hybridized carbons (Fsp3) is 0.355. The third-order valence-electron chi connectivity index (χ3n) is 6.94. The van der Waals surface area contributed by atoms with Gasteiger partial charge in [0, 0.05) is 39.7 Å². The summed E-state index contributed by atoms with van der Waals surface area (Å²) in [5.41, 5.74) is 1.49. The van der Waals surface area contributed by atoms with Gasteiger partial charge in [0.1, 0.15) is 17.6 Å². The van der Waals surface area contributed by atoms with Crippen LogP contribution in [0.2, 0.25) is 0 Å². The summed E-state index contributed by atoms with van der Waals surface area (Å²) in [6.45, 7) is 1.43. The molecule has 0 aliphatic carbocycles. The molecule has 1 N–H and O–H groups in total. The van der Waals surface area contributed by atoms with E-state index in [1.54, 1.807) is 12.1 Å². The van der Waals surface area contributed by atoms with Crippen molar-refractivity contribution in [1.29, 1.82) is 0 Å². The molecule has 0 spiro atoms. The molecule has 1 aliphatic heterocycles. The van der Waals surface area contributed by atoms with E-state index in [0.29, 0.717) is 31.1 Å². The summed E-state index contributed by atoms with van der Waals surface area (Å²) in [4.78, 5) is 28.6. The summed E-state index contributed by atoms with van der Waals surface area (Å²) in [5, 5.41) is 2.83. The number of carbonyl (C=O) groups excluding carboxylic acids is 2. The van der Waals surface area contributed by atoms with Gasteiger partial charge >= 0.3 is 0 Å². The normalized spacial score (nSPS) is 14.6. The number of carbonyl (C=O) groups is 2. The summed E-state index contributed by atoms with van der Waals surface area (Å²) in [7, 11) is -2.15. The fourth-order valence-electron chi connectivity index (χ4n) is 4.61. The quantitative estimate of drug-likeness (QED) is 0.278. The Bertz CT molecular complexity index is 1430. The third-order valence-corrected chi connectivity index (χ3v) is 8.85. The molecule has 12 heteroatoms. The fourth-order valence-corrected chi connectivity index (χ4v) is 6.01. The zero-order valence-electron chi connectivity index (χ0n) is 24.0. The average Bonchev–Trinajstić information content (AvgIpc) is 3.03. The predicted molar refractivity (Wildman–Crippen MR) is 157 cm³/mol. The second-order valence-electron chi connectivity index (χ2n) is 9.91. The molecule has 1 heterocycles. The van der Waals surface area contributed by atoms with Gasteiger partial charge in [-0.25, -0.2) is 12.8 Å². The van der Waals surface area contributed by atoms with Crippen LogP contribution in [-0.4, -0.2) is 88.7 Å². The standard InChI is InChI=1S/C31H36FN3O7S/c1-40-18-15-33-31(37)29(21-24-5-3-2-4-6-24)35(22-25-7-9-26(32)10-8-25)30(36)23-42-27-11-13-28(14-12-27)43(38,39)34-16-19-41-20-17-34/h2-14,29H,15-23H2,1H3,(H,33,37)/t29-/m1/s1. The van der Waals surface area contributed by atoms with Crippen molar-refractivity contribution in [2.45, 2.75) is 23.9 Å². The van der Waals surface area contributed by atoms with Crippen LogP contribution >= 0.6 is 0 Å². The van der Waals surface area contributed by atoms with E-state index in [9.17, 15) is 22.4 Å². The number of nitrogens with zero attached hydrogens (tertiary/aromatic N) is 2. The van der Waals surface area contributed by atoms with Crippen LogP contribution < -0.4 is 10.1 Å². The van der Waals surface area contributed by atoms with Crippen LogP contribution in [0.5, 0.6) is 5.75 Å². The SMILES string of the molecule is COCCNC(=O)[C@@H](Cc1ccccc1)N(Cc1ccc(F)cc1)C(=O)COc1ccc(S(=O)(=O)N2CCOCC2)cc1. The Morgan fingerprint density at radius 1 is 0.977 bits per heavy atom. The molecule has 0 radical (unpaired) electrons. The Hall–Kier alpha value is -3.84. The van der Waals surface area contributed by atoms with Crippen molar-refractivity contribution in [3.05, 3.63) is 95.8 Å². The number of hydrogen-bond donors (Lipinski definition) is 1. The molecule has 10 nitrogen and oxygen atoms in total. The Morgan fingerprint density at radius 2 is 1.65 bits per heavy atom. The van der Waals surface area contributed by atoms with Crippen LogP contribution in [0.15, 0.2) is 83.8 Å². The number of sulfonamides is 1. The van der Waals surface area contributed by atoms with Gasteiger partial charge in [-0.15, -0.1) is 0 Å². The van der Waals surface area contributed by atoms with E-state index >= 15 is 0 Å². The number of ether oxygens (including phenoxy) is 3. The van der Waals surface area contributed by atoms with Crippen molar-refractivity contribution in [2.75, 3.05) is 53.2 Å². The number of methoxy groups -OCH3 is 1. The summed E-state index contributed by atoms with van der Waals surface area (Å²) in [5.74, 6) is -0.964. The molecule has 0 bridgehead atoms. The molecule has 0 unspecified atom stereocenters. The van der Waals surface area contributed by atoms with Crippen LogP contribution in [-0.2, 0) is 42.1 Å². The topological polar surface area (TPSA) is 114 Å². The molecule has 230 valence electrons. The third kappa shape index (κ3) is 9.07. The van der Waals surface area contributed by atoms with Crippen molar-refractivity contribution in [2.24, 2.45) is 0 Å². The van der Waals surface area contributed by atoms with Gasteiger partial charge in [-0.05, 0) is 47.5 Å². The number of halogens is 1. The lowest BCUT2D eigenvalue weighted by Crippen LogP contribution is -2.52. The summed E-state index contributed by atoms with van der Waals surface area (Å²) in [6, 6.07) is 20.0. The number of nitrogens with one attached hydrogen (secondary N) is 1. The maximum Gasteiger partial charge on any atom is 0.261 e. The first-order chi connectivity index (χ1) is 20.8. The van der Waals surface area contributed by atoms with Crippen molar-refractivity contribution in [3.8, 4) is 5.75 Å². The van der Waals surface area contributed by atoms with E-state index < -0.39 is 34.4 Å². The Kier molecular flexibility index (Phi) is 11.6. The summed E-state index contributed by atoms with van der Waals surface area (Å²) < 4.78 is 56.9. The molecule has 0 saturated carbocycles. The minimum absolute atomic E-state index is 0.0361. The lowest BCUT2D eigenvalue weighted by atomic mass is 10.0. The van der Waals surface area contributed by atoms with E-state index in [1.165, 1.54) is 52.7 Å². The molecule has 3 aromatic carbocycles. The number of hydrogen-bond acceptors (Lipinski definition) is 7. The monoisotopic (exact) mass is 613 g/mol. The maximum absolute atomic E-state index is 13.7. The van der Waals surface area contributed by atoms with Gasteiger partial charge in [0.25, 0.3) is 5.91 Å². The molecule has 0 aromatic heterocycles. The lowest BCUT2D eigenvalue weighted by molar-refractivity contribution is -0.142. The number of amides is 2. The van der Waals surface area contributed by atoms with Crippen molar-refractivity contribution < 1.29 is 36.6 Å². The van der Waals surface area contributed by atoms with Crippen LogP contribution in [0.3, 0.4) is 0 Å². The minimum atomic E-state index is -3.68. The van der Waals surface area contributed by atoms with E-state index in [4.69, 9.17) is 14.2 Å². The highest BCUT2D eigenvalue weighted by Gasteiger charge is 2.31. The van der Waals surface area contributed by atoms with E-state index in [1.807, 2.05) is 30.3 Å². The van der Waals surface area contributed by atoms with Crippen molar-refractivity contribution in [1.82, 2.24) is 14.5 Å². The van der Waals surface area contributed by atoms with E-state index in [0.717, 1.165) is 5.56 Å². The molecule has 3 aromatic rings. The van der Waals surface area contributed by atoms with Crippen LogP contribution in [0.25, 0.3) is 0 Å². The zero-order chi connectivity index (χ0) is 30.7. The van der Waals surface area contributed by atoms with Crippen LogP contribution in [0, 0.1) is 5.82 Å². The van der Waals surface area contributed by atoms with Gasteiger partial charge in [-0.2, -0.15) is 4.31 Å². The van der Waals surface area contributed by atoms with Crippen molar-refractivity contribution in [3.63, 3.8) is 0 Å². The van der Waals surface area contributed by atoms with Crippen molar-refractivity contribution >= 4 is 21.8 Å². The summed E-state index contributed by atoms with van der Waals surface area (Å²) in [6.07, 6.45) is 0.237. The first kappa shape index (κ1) is 32.1. The molecule has 4 rings (SSSR count). The van der Waals surface area contributed by atoms with Gasteiger partial charge in [-0.1, -0.05) is 42.5 Å². The second-order valence-corrected chi connectivity index (χ2v) is 11.9. The minimum Gasteiger partial charge on any atom is -0.484 e. The van der Waals surface area contributed by atoms with E-state index in [2.05, 4.69) is 5.32 Å². The van der Waals surface area contributed by atoms with E-state index in [-0.39, 0.29) is 43.4 Å². The number of morpholine rings is 1.